The van der Waals surface area contributed by atoms with Crippen molar-refractivity contribution in [2.75, 3.05) is 0 Å². The summed E-state index contributed by atoms with van der Waals surface area (Å²) in [6, 6.07) is 0. The molecule has 0 aliphatic heterocycles. The zero-order chi connectivity index (χ0) is 4.50. The smallest absolute Gasteiger partial charge is 0.0495 e. The van der Waals surface area contributed by atoms with Crippen molar-refractivity contribution >= 4 is 54.8 Å². The Bertz CT molecular complexity index is 24.3. The molecule has 33 valence electrons. The van der Waals surface area contributed by atoms with Crippen LogP contribution in [-0.4, -0.2) is 33.6 Å². The molecule has 0 heterocycles. The first-order valence-electron chi connectivity index (χ1n) is 1.45. The van der Waals surface area contributed by atoms with E-state index in [2.05, 4.69) is 25.3 Å². The Morgan fingerprint density at radius 1 is 1.17 bits per heavy atom. The van der Waals surface area contributed by atoms with Crippen LogP contribution in [0, 0.1) is 0 Å². The Balaban J connectivity index is 0. The van der Waals surface area contributed by atoms with Crippen molar-refractivity contribution in [1.29, 1.82) is 0 Å². The molecule has 0 aromatic rings. The molecule has 6 heavy (non-hydrogen) atoms. The summed E-state index contributed by atoms with van der Waals surface area (Å²) >= 11 is 7.97. The third-order valence-corrected chi connectivity index (χ3v) is 0. The van der Waals surface area contributed by atoms with Crippen LogP contribution in [0.3, 0.4) is 0 Å². The van der Waals surface area contributed by atoms with Gasteiger partial charge < -0.3 is 0 Å². The third-order valence-electron chi connectivity index (χ3n) is 0. The second-order valence-corrected chi connectivity index (χ2v) is 4.08. The van der Waals surface area contributed by atoms with E-state index in [4.69, 9.17) is 0 Å². The van der Waals surface area contributed by atoms with Crippen molar-refractivity contribution < 1.29 is 0 Å². The van der Waals surface area contributed by atoms with Crippen LogP contribution >= 0.6 is 25.3 Å². The van der Waals surface area contributed by atoms with Gasteiger partial charge in [0, 0.05) is 33.6 Å². The fraction of sp³-hybridized carbons (Fsp3) is 1.00. The maximum atomic E-state index is 3.99. The SMILES string of the molecule is CC(C)(S)S.[Na]. The quantitative estimate of drug-likeness (QED) is 0.275. The Kier molecular flexibility index (Phi) is 6.51. The van der Waals surface area contributed by atoms with E-state index in [1.807, 2.05) is 13.8 Å². The molecule has 0 saturated carbocycles. The van der Waals surface area contributed by atoms with E-state index in [0.29, 0.717) is 0 Å². The van der Waals surface area contributed by atoms with Gasteiger partial charge in [0.2, 0.25) is 0 Å². The summed E-state index contributed by atoms with van der Waals surface area (Å²) in [5, 5.41) is 0. The number of rotatable bonds is 0. The van der Waals surface area contributed by atoms with Gasteiger partial charge in [-0.3, -0.25) is 0 Å². The fourth-order valence-electron chi connectivity index (χ4n) is 0. The molecule has 0 aromatic heterocycles. The van der Waals surface area contributed by atoms with Crippen LogP contribution in [0.4, 0.5) is 0 Å². The summed E-state index contributed by atoms with van der Waals surface area (Å²) in [5.74, 6) is 0. The van der Waals surface area contributed by atoms with E-state index < -0.39 is 0 Å². The van der Waals surface area contributed by atoms with Crippen molar-refractivity contribution in [1.82, 2.24) is 0 Å². The molecule has 0 saturated heterocycles. The molecule has 0 fully saturated rings. The van der Waals surface area contributed by atoms with Gasteiger partial charge in [-0.05, 0) is 13.8 Å². The number of thiol groups is 2. The van der Waals surface area contributed by atoms with Crippen LogP contribution in [-0.2, 0) is 0 Å². The second kappa shape index (κ2) is 3.67. The minimum Gasteiger partial charge on any atom is -0.162 e. The molecule has 0 rings (SSSR count). The van der Waals surface area contributed by atoms with Gasteiger partial charge in [0.05, 0.1) is 0 Å². The number of hydrogen-bond donors (Lipinski definition) is 2. The molecule has 0 spiro atoms. The van der Waals surface area contributed by atoms with Gasteiger partial charge in [0.1, 0.15) is 0 Å². The predicted octanol–water partition coefficient (Wildman–Crippen LogP) is 1.20. The summed E-state index contributed by atoms with van der Waals surface area (Å²) < 4.78 is -0.111. The summed E-state index contributed by atoms with van der Waals surface area (Å²) in [5.41, 5.74) is 0. The monoisotopic (exact) mass is 131 g/mol. The van der Waals surface area contributed by atoms with Gasteiger partial charge in [-0.25, -0.2) is 0 Å². The van der Waals surface area contributed by atoms with Crippen molar-refractivity contribution in [2.45, 2.75) is 17.9 Å². The average Bonchev–Trinajstić information content (AvgIpc) is 0.722. The van der Waals surface area contributed by atoms with Gasteiger partial charge in [-0.15, -0.1) is 0 Å². The molecule has 0 bridgehead atoms. The first kappa shape index (κ1) is 10.6. The maximum absolute atomic E-state index is 3.99. The average molecular weight is 131 g/mol. The Morgan fingerprint density at radius 3 is 1.17 bits per heavy atom. The topological polar surface area (TPSA) is 0 Å². The molecule has 0 aliphatic carbocycles. The molecule has 0 unspecified atom stereocenters. The molecular weight excluding hydrogens is 123 g/mol. The summed E-state index contributed by atoms with van der Waals surface area (Å²) in [4.78, 5) is 0. The van der Waals surface area contributed by atoms with E-state index in [0.717, 1.165) is 0 Å². The van der Waals surface area contributed by atoms with E-state index in [9.17, 15) is 0 Å². The first-order valence-corrected chi connectivity index (χ1v) is 2.34. The minimum atomic E-state index is -0.111. The number of hydrogen-bond acceptors (Lipinski definition) is 2. The van der Waals surface area contributed by atoms with Crippen molar-refractivity contribution in [3.05, 3.63) is 0 Å². The van der Waals surface area contributed by atoms with Crippen molar-refractivity contribution in [3.8, 4) is 0 Å². The normalized spacial score (nSPS) is 10.0. The fourth-order valence-corrected chi connectivity index (χ4v) is 0. The Hall–Kier alpha value is 1.70. The molecule has 0 amide bonds. The zero-order valence-corrected chi connectivity index (χ0v) is 8.18. The zero-order valence-electron chi connectivity index (χ0n) is 4.39. The van der Waals surface area contributed by atoms with Crippen LogP contribution in [0.15, 0.2) is 0 Å². The van der Waals surface area contributed by atoms with Crippen LogP contribution in [0.25, 0.3) is 0 Å². The van der Waals surface area contributed by atoms with E-state index in [1.165, 1.54) is 0 Å². The van der Waals surface area contributed by atoms with E-state index >= 15 is 0 Å². The van der Waals surface area contributed by atoms with Crippen LogP contribution in [0.2, 0.25) is 0 Å². The van der Waals surface area contributed by atoms with E-state index in [1.54, 1.807) is 0 Å². The summed E-state index contributed by atoms with van der Waals surface area (Å²) in [7, 11) is 0. The standard InChI is InChI=1S/C3H8S2.Na/c1-3(2,4)5;/h4-5H,1-2H3;. The molecule has 0 atom stereocenters. The van der Waals surface area contributed by atoms with Crippen LogP contribution < -0.4 is 0 Å². The molecule has 1 radical (unpaired) electrons. The Morgan fingerprint density at radius 2 is 1.17 bits per heavy atom. The molecular formula is C3H8NaS2. The summed E-state index contributed by atoms with van der Waals surface area (Å²) in [6.07, 6.45) is 0. The van der Waals surface area contributed by atoms with Crippen LogP contribution in [0.1, 0.15) is 13.8 Å². The van der Waals surface area contributed by atoms with Crippen molar-refractivity contribution in [3.63, 3.8) is 0 Å². The summed E-state index contributed by atoms with van der Waals surface area (Å²) in [6.45, 7) is 3.83. The second-order valence-electron chi connectivity index (χ2n) is 1.49. The first-order chi connectivity index (χ1) is 2.00. The van der Waals surface area contributed by atoms with Gasteiger partial charge in [-0.2, -0.15) is 25.3 Å². The van der Waals surface area contributed by atoms with Gasteiger partial charge in [-0.1, -0.05) is 0 Å². The minimum absolute atomic E-state index is 0. The molecule has 0 N–H and O–H groups in total. The van der Waals surface area contributed by atoms with Crippen molar-refractivity contribution in [2.24, 2.45) is 0 Å². The van der Waals surface area contributed by atoms with Gasteiger partial charge in [0.25, 0.3) is 0 Å². The molecule has 3 heteroatoms. The largest absolute Gasteiger partial charge is 0.162 e. The molecule has 0 aromatic carbocycles. The van der Waals surface area contributed by atoms with Gasteiger partial charge in [0.15, 0.2) is 0 Å². The molecule has 0 nitrogen and oxygen atoms in total. The van der Waals surface area contributed by atoms with Crippen LogP contribution in [0.5, 0.6) is 0 Å². The van der Waals surface area contributed by atoms with E-state index in [-0.39, 0.29) is 33.6 Å². The molecule has 0 aliphatic rings. The predicted molar refractivity (Wildman–Crippen MR) is 37.8 cm³/mol. The Labute approximate surface area is 72.2 Å². The maximum Gasteiger partial charge on any atom is 0.0495 e. The third kappa shape index (κ3) is 43.6. The van der Waals surface area contributed by atoms with Gasteiger partial charge >= 0.3 is 0 Å².